The van der Waals surface area contributed by atoms with Crippen LogP contribution in [0.5, 0.6) is 11.5 Å². The molecule has 21 heavy (non-hydrogen) atoms. The number of phenolic OH excluding ortho intramolecular Hbond substituents is 1. The van der Waals surface area contributed by atoms with Gasteiger partial charge >= 0.3 is 0 Å². The van der Waals surface area contributed by atoms with Crippen LogP contribution in [0, 0.1) is 0 Å². The zero-order valence-corrected chi connectivity index (χ0v) is 11.4. The Morgan fingerprint density at radius 3 is 2.67 bits per heavy atom. The van der Waals surface area contributed by atoms with Gasteiger partial charge in [0.2, 0.25) is 6.10 Å². The Balaban J connectivity index is 1.62. The van der Waals surface area contributed by atoms with Crippen molar-refractivity contribution in [3.63, 3.8) is 0 Å². The molecule has 2 heterocycles. The quantitative estimate of drug-likeness (QED) is 0.859. The topological polar surface area (TPSA) is 49.8 Å². The number of benzene rings is 2. The van der Waals surface area contributed by atoms with E-state index in [4.69, 9.17) is 4.74 Å². The molecule has 4 heteroatoms. The highest BCUT2D eigenvalue weighted by atomic mass is 16.5. The van der Waals surface area contributed by atoms with E-state index < -0.39 is 6.10 Å². The van der Waals surface area contributed by atoms with Gasteiger partial charge in [-0.2, -0.15) is 0 Å². The molecule has 0 spiro atoms. The van der Waals surface area contributed by atoms with Crippen LogP contribution < -0.4 is 4.74 Å². The molecule has 2 aliphatic heterocycles. The summed E-state index contributed by atoms with van der Waals surface area (Å²) >= 11 is 0. The fourth-order valence-corrected chi connectivity index (χ4v) is 3.17. The molecule has 0 saturated carbocycles. The number of amides is 1. The molecule has 2 aromatic rings. The molecule has 0 unspecified atom stereocenters. The van der Waals surface area contributed by atoms with Crippen LogP contribution in [0.3, 0.4) is 0 Å². The predicted molar refractivity (Wildman–Crippen MR) is 77.1 cm³/mol. The van der Waals surface area contributed by atoms with E-state index in [1.165, 1.54) is 11.1 Å². The predicted octanol–water partition coefficient (Wildman–Crippen LogP) is 2.28. The molecule has 0 bridgehead atoms. The SMILES string of the molecule is O=C1[C@@H](Oc2ccc(O)cc2)[C@@H]2c3ccccc3CCN12. The highest BCUT2D eigenvalue weighted by Crippen LogP contribution is 2.42. The first-order valence-electron chi connectivity index (χ1n) is 7.08. The summed E-state index contributed by atoms with van der Waals surface area (Å²) in [5.41, 5.74) is 2.48. The molecule has 0 radical (unpaired) electrons. The van der Waals surface area contributed by atoms with E-state index in [-0.39, 0.29) is 17.7 Å². The summed E-state index contributed by atoms with van der Waals surface area (Å²) < 4.78 is 5.84. The molecule has 1 amide bonds. The third kappa shape index (κ3) is 1.87. The van der Waals surface area contributed by atoms with Crippen molar-refractivity contribution in [3.8, 4) is 11.5 Å². The Labute approximate surface area is 122 Å². The molecule has 1 saturated heterocycles. The second kappa shape index (κ2) is 4.52. The van der Waals surface area contributed by atoms with Crippen molar-refractivity contribution in [2.45, 2.75) is 18.6 Å². The first-order chi connectivity index (χ1) is 10.2. The Morgan fingerprint density at radius 1 is 1.10 bits per heavy atom. The fraction of sp³-hybridized carbons (Fsp3) is 0.235. The Morgan fingerprint density at radius 2 is 1.86 bits per heavy atom. The van der Waals surface area contributed by atoms with Crippen LogP contribution in [0.25, 0.3) is 0 Å². The standard InChI is InChI=1S/C17H15NO3/c19-12-5-7-13(8-6-12)21-16-15-14-4-2-1-3-11(14)9-10-18(15)17(16)20/h1-8,15-16,19H,9-10H2/t15-,16-/m0/s1. The van der Waals surface area contributed by atoms with Crippen molar-refractivity contribution < 1.29 is 14.6 Å². The van der Waals surface area contributed by atoms with Gasteiger partial charge in [-0.25, -0.2) is 0 Å². The molecule has 4 rings (SSSR count). The van der Waals surface area contributed by atoms with Gasteiger partial charge in [-0.3, -0.25) is 4.79 Å². The largest absolute Gasteiger partial charge is 0.508 e. The first kappa shape index (κ1) is 12.3. The number of carbonyl (C=O) groups excluding carboxylic acids is 1. The number of ether oxygens (including phenoxy) is 1. The van der Waals surface area contributed by atoms with Gasteiger partial charge in [-0.15, -0.1) is 0 Å². The molecule has 2 aromatic carbocycles. The van der Waals surface area contributed by atoms with E-state index in [1.54, 1.807) is 24.3 Å². The summed E-state index contributed by atoms with van der Waals surface area (Å²) in [6.07, 6.45) is 0.445. The number of β-lactam (4-membered cyclic amide) rings is 1. The third-order valence-corrected chi connectivity index (χ3v) is 4.24. The van der Waals surface area contributed by atoms with Crippen LogP contribution in [0.1, 0.15) is 17.2 Å². The van der Waals surface area contributed by atoms with Gasteiger partial charge in [-0.05, 0) is 41.8 Å². The second-order valence-corrected chi connectivity index (χ2v) is 5.46. The van der Waals surface area contributed by atoms with E-state index in [1.807, 2.05) is 17.0 Å². The first-order valence-corrected chi connectivity index (χ1v) is 7.08. The highest BCUT2D eigenvalue weighted by Gasteiger charge is 2.52. The number of nitrogens with zero attached hydrogens (tertiary/aromatic N) is 1. The number of hydrogen-bond acceptors (Lipinski definition) is 3. The summed E-state index contributed by atoms with van der Waals surface area (Å²) in [6, 6.07) is 14.7. The summed E-state index contributed by atoms with van der Waals surface area (Å²) in [6.45, 7) is 0.760. The molecule has 1 N–H and O–H groups in total. The van der Waals surface area contributed by atoms with Crippen LogP contribution in [0.4, 0.5) is 0 Å². The summed E-state index contributed by atoms with van der Waals surface area (Å²) in [4.78, 5) is 14.1. The van der Waals surface area contributed by atoms with E-state index >= 15 is 0 Å². The maximum atomic E-state index is 12.2. The second-order valence-electron chi connectivity index (χ2n) is 5.46. The number of fused-ring (bicyclic) bond motifs is 3. The van der Waals surface area contributed by atoms with Gasteiger partial charge in [0.05, 0.1) is 0 Å². The fourth-order valence-electron chi connectivity index (χ4n) is 3.17. The van der Waals surface area contributed by atoms with Crippen LogP contribution >= 0.6 is 0 Å². The van der Waals surface area contributed by atoms with Crippen LogP contribution in [-0.4, -0.2) is 28.6 Å². The zero-order valence-electron chi connectivity index (χ0n) is 11.4. The highest BCUT2D eigenvalue weighted by molar-refractivity contribution is 5.90. The molecular formula is C17H15NO3. The normalized spacial score (nSPS) is 23.0. The van der Waals surface area contributed by atoms with Gasteiger partial charge in [0, 0.05) is 6.54 Å². The van der Waals surface area contributed by atoms with Gasteiger partial charge in [0.1, 0.15) is 17.5 Å². The molecular weight excluding hydrogens is 266 g/mol. The molecule has 0 aromatic heterocycles. The maximum absolute atomic E-state index is 12.2. The number of rotatable bonds is 2. The van der Waals surface area contributed by atoms with Crippen molar-refractivity contribution in [3.05, 3.63) is 59.7 Å². The Kier molecular flexibility index (Phi) is 2.64. The Bertz CT molecular complexity index is 695. The van der Waals surface area contributed by atoms with Crippen molar-refractivity contribution in [1.82, 2.24) is 4.90 Å². The Hall–Kier alpha value is -2.49. The molecule has 0 aliphatic carbocycles. The third-order valence-electron chi connectivity index (χ3n) is 4.24. The molecule has 4 nitrogen and oxygen atoms in total. The molecule has 106 valence electrons. The lowest BCUT2D eigenvalue weighted by Crippen LogP contribution is -2.63. The minimum Gasteiger partial charge on any atom is -0.508 e. The number of carbonyl (C=O) groups is 1. The minimum absolute atomic E-state index is 0.0104. The number of phenols is 1. The zero-order chi connectivity index (χ0) is 14.4. The van der Waals surface area contributed by atoms with E-state index in [9.17, 15) is 9.90 Å². The van der Waals surface area contributed by atoms with Crippen molar-refractivity contribution in [2.75, 3.05) is 6.54 Å². The van der Waals surface area contributed by atoms with E-state index in [0.717, 1.165) is 13.0 Å². The monoisotopic (exact) mass is 281 g/mol. The number of aromatic hydroxyl groups is 1. The van der Waals surface area contributed by atoms with Gasteiger partial charge in [0.25, 0.3) is 5.91 Å². The van der Waals surface area contributed by atoms with E-state index in [0.29, 0.717) is 5.75 Å². The molecule has 2 atom stereocenters. The van der Waals surface area contributed by atoms with Crippen LogP contribution in [0.15, 0.2) is 48.5 Å². The lowest BCUT2D eigenvalue weighted by Gasteiger charge is -2.49. The van der Waals surface area contributed by atoms with Crippen molar-refractivity contribution >= 4 is 5.91 Å². The maximum Gasteiger partial charge on any atom is 0.266 e. The van der Waals surface area contributed by atoms with Gasteiger partial charge in [-0.1, -0.05) is 24.3 Å². The minimum atomic E-state index is -0.462. The molecule has 1 fully saturated rings. The van der Waals surface area contributed by atoms with Crippen molar-refractivity contribution in [2.24, 2.45) is 0 Å². The van der Waals surface area contributed by atoms with Crippen LogP contribution in [-0.2, 0) is 11.2 Å². The van der Waals surface area contributed by atoms with Gasteiger partial charge < -0.3 is 14.7 Å². The van der Waals surface area contributed by atoms with Crippen LogP contribution in [0.2, 0.25) is 0 Å². The van der Waals surface area contributed by atoms with E-state index in [2.05, 4.69) is 12.1 Å². The smallest absolute Gasteiger partial charge is 0.266 e. The summed E-state index contributed by atoms with van der Waals surface area (Å²) in [7, 11) is 0. The summed E-state index contributed by atoms with van der Waals surface area (Å²) in [5, 5.41) is 9.30. The lowest BCUT2D eigenvalue weighted by atomic mass is 9.83. The molecule has 2 aliphatic rings. The summed E-state index contributed by atoms with van der Waals surface area (Å²) in [5.74, 6) is 0.836. The van der Waals surface area contributed by atoms with Crippen molar-refractivity contribution in [1.29, 1.82) is 0 Å². The number of hydrogen-bond donors (Lipinski definition) is 1. The average molecular weight is 281 g/mol. The van der Waals surface area contributed by atoms with Gasteiger partial charge in [0.15, 0.2) is 0 Å². The lowest BCUT2D eigenvalue weighted by molar-refractivity contribution is -0.165. The average Bonchev–Trinajstić information content (AvgIpc) is 2.53.